The third-order valence-corrected chi connectivity index (χ3v) is 3.62. The first kappa shape index (κ1) is 13.2. The molecule has 1 aromatic heterocycles. The Morgan fingerprint density at radius 1 is 1.50 bits per heavy atom. The van der Waals surface area contributed by atoms with Crippen LogP contribution in [0.4, 0.5) is 0 Å². The van der Waals surface area contributed by atoms with Gasteiger partial charge in [-0.25, -0.2) is 0 Å². The fraction of sp³-hybridized carbons (Fsp3) is 0.583. The first-order chi connectivity index (χ1) is 7.65. The van der Waals surface area contributed by atoms with Crippen molar-refractivity contribution in [2.45, 2.75) is 39.3 Å². The molecule has 0 saturated carbocycles. The molecule has 4 heteroatoms. The highest BCUT2D eigenvalue weighted by Gasteiger charge is 2.08. The number of carbonyl (C=O) groups excluding carboxylic acids is 1. The SMILES string of the molecule is CCc1ccc(CNC(C)CC(=O)OC)s1. The molecule has 0 amide bonds. The summed E-state index contributed by atoms with van der Waals surface area (Å²) in [7, 11) is 1.42. The number of aryl methyl sites for hydroxylation is 1. The van der Waals surface area contributed by atoms with Crippen LogP contribution in [0.5, 0.6) is 0 Å². The standard InChI is InChI=1S/C12H19NO2S/c1-4-10-5-6-11(16-10)8-13-9(2)7-12(14)15-3/h5-6,9,13H,4,7-8H2,1-3H3. The van der Waals surface area contributed by atoms with E-state index in [4.69, 9.17) is 0 Å². The molecule has 0 radical (unpaired) electrons. The summed E-state index contributed by atoms with van der Waals surface area (Å²) in [5.74, 6) is -0.166. The minimum Gasteiger partial charge on any atom is -0.469 e. The molecule has 0 saturated heterocycles. The topological polar surface area (TPSA) is 38.3 Å². The van der Waals surface area contributed by atoms with Crippen molar-refractivity contribution in [3.63, 3.8) is 0 Å². The summed E-state index contributed by atoms with van der Waals surface area (Å²) in [4.78, 5) is 13.7. The molecule has 0 fully saturated rings. The lowest BCUT2D eigenvalue weighted by Crippen LogP contribution is -2.28. The van der Waals surface area contributed by atoms with Crippen LogP contribution >= 0.6 is 11.3 Å². The molecule has 1 atom stereocenters. The Hall–Kier alpha value is -0.870. The lowest BCUT2D eigenvalue weighted by molar-refractivity contribution is -0.141. The number of rotatable bonds is 6. The zero-order chi connectivity index (χ0) is 12.0. The predicted molar refractivity (Wildman–Crippen MR) is 66.6 cm³/mol. The van der Waals surface area contributed by atoms with Crippen molar-refractivity contribution in [3.8, 4) is 0 Å². The molecule has 1 N–H and O–H groups in total. The molecule has 1 unspecified atom stereocenters. The van der Waals surface area contributed by atoms with Gasteiger partial charge in [-0.1, -0.05) is 6.92 Å². The molecule has 0 aliphatic carbocycles. The number of nitrogens with one attached hydrogen (secondary N) is 1. The lowest BCUT2D eigenvalue weighted by atomic mass is 10.2. The Morgan fingerprint density at radius 2 is 2.19 bits per heavy atom. The van der Waals surface area contributed by atoms with Crippen LogP contribution < -0.4 is 5.32 Å². The van der Waals surface area contributed by atoms with Gasteiger partial charge in [-0.05, 0) is 25.5 Å². The van der Waals surface area contributed by atoms with Gasteiger partial charge in [0.25, 0.3) is 0 Å². The van der Waals surface area contributed by atoms with Crippen LogP contribution in [0.3, 0.4) is 0 Å². The van der Waals surface area contributed by atoms with E-state index in [9.17, 15) is 4.79 Å². The van der Waals surface area contributed by atoms with Gasteiger partial charge >= 0.3 is 5.97 Å². The Labute approximate surface area is 101 Å². The van der Waals surface area contributed by atoms with Crippen molar-refractivity contribution in [1.82, 2.24) is 5.32 Å². The van der Waals surface area contributed by atoms with E-state index in [0.29, 0.717) is 6.42 Å². The van der Waals surface area contributed by atoms with Crippen molar-refractivity contribution in [3.05, 3.63) is 21.9 Å². The second-order valence-corrected chi connectivity index (χ2v) is 5.04. The average molecular weight is 241 g/mol. The summed E-state index contributed by atoms with van der Waals surface area (Å²) in [6.45, 7) is 4.97. The molecule has 1 aromatic rings. The van der Waals surface area contributed by atoms with Gasteiger partial charge in [0.1, 0.15) is 0 Å². The maximum Gasteiger partial charge on any atom is 0.307 e. The van der Waals surface area contributed by atoms with Crippen molar-refractivity contribution in [2.24, 2.45) is 0 Å². The van der Waals surface area contributed by atoms with Crippen LogP contribution in [0.25, 0.3) is 0 Å². The minimum atomic E-state index is -0.166. The van der Waals surface area contributed by atoms with Crippen LogP contribution in [0, 0.1) is 0 Å². The van der Waals surface area contributed by atoms with E-state index in [1.165, 1.54) is 16.9 Å². The quantitative estimate of drug-likeness (QED) is 0.777. The molecule has 0 aromatic carbocycles. The molecular weight excluding hydrogens is 222 g/mol. The lowest BCUT2D eigenvalue weighted by Gasteiger charge is -2.11. The van der Waals surface area contributed by atoms with Crippen molar-refractivity contribution in [2.75, 3.05) is 7.11 Å². The fourth-order valence-corrected chi connectivity index (χ4v) is 2.30. The third kappa shape index (κ3) is 4.33. The maximum absolute atomic E-state index is 11.0. The first-order valence-electron chi connectivity index (χ1n) is 5.53. The molecule has 1 heterocycles. The third-order valence-electron chi connectivity index (χ3n) is 2.39. The summed E-state index contributed by atoms with van der Waals surface area (Å²) in [6, 6.07) is 4.45. The number of ether oxygens (including phenoxy) is 1. The number of hydrogen-bond acceptors (Lipinski definition) is 4. The second-order valence-electron chi connectivity index (χ2n) is 3.78. The number of esters is 1. The van der Waals surface area contributed by atoms with Gasteiger partial charge < -0.3 is 10.1 Å². The summed E-state index contributed by atoms with van der Waals surface area (Å²) in [5, 5.41) is 3.31. The van der Waals surface area contributed by atoms with E-state index in [1.54, 1.807) is 0 Å². The zero-order valence-electron chi connectivity index (χ0n) is 10.1. The van der Waals surface area contributed by atoms with Gasteiger partial charge in [0.2, 0.25) is 0 Å². The van der Waals surface area contributed by atoms with E-state index in [0.717, 1.165) is 13.0 Å². The molecule has 16 heavy (non-hydrogen) atoms. The second kappa shape index (κ2) is 6.66. The van der Waals surface area contributed by atoms with Crippen LogP contribution in [-0.4, -0.2) is 19.1 Å². The Bertz CT molecular complexity index is 336. The van der Waals surface area contributed by atoms with Gasteiger partial charge in [0.15, 0.2) is 0 Å². The van der Waals surface area contributed by atoms with E-state index < -0.39 is 0 Å². The van der Waals surface area contributed by atoms with Crippen LogP contribution in [0.1, 0.15) is 30.0 Å². The van der Waals surface area contributed by atoms with E-state index >= 15 is 0 Å². The van der Waals surface area contributed by atoms with Crippen molar-refractivity contribution < 1.29 is 9.53 Å². The molecule has 90 valence electrons. The summed E-state index contributed by atoms with van der Waals surface area (Å²) in [6.07, 6.45) is 1.50. The summed E-state index contributed by atoms with van der Waals surface area (Å²) >= 11 is 1.82. The molecule has 0 aliphatic heterocycles. The number of thiophene rings is 1. The van der Waals surface area contributed by atoms with Crippen LogP contribution in [0.15, 0.2) is 12.1 Å². The number of hydrogen-bond donors (Lipinski definition) is 1. The molecule has 0 aliphatic rings. The smallest absolute Gasteiger partial charge is 0.307 e. The average Bonchev–Trinajstić information content (AvgIpc) is 2.74. The monoisotopic (exact) mass is 241 g/mol. The van der Waals surface area contributed by atoms with Gasteiger partial charge in [0, 0.05) is 22.3 Å². The van der Waals surface area contributed by atoms with Crippen molar-refractivity contribution >= 4 is 17.3 Å². The molecular formula is C12H19NO2S. The predicted octanol–water partition coefficient (Wildman–Crippen LogP) is 2.35. The minimum absolute atomic E-state index is 0.152. The summed E-state index contributed by atoms with van der Waals surface area (Å²) in [5.41, 5.74) is 0. The highest BCUT2D eigenvalue weighted by atomic mass is 32.1. The largest absolute Gasteiger partial charge is 0.469 e. The molecule has 3 nitrogen and oxygen atoms in total. The highest BCUT2D eigenvalue weighted by molar-refractivity contribution is 7.11. The van der Waals surface area contributed by atoms with Gasteiger partial charge in [-0.2, -0.15) is 0 Å². The van der Waals surface area contributed by atoms with E-state index in [1.807, 2.05) is 18.3 Å². The highest BCUT2D eigenvalue weighted by Crippen LogP contribution is 2.16. The Balaban J connectivity index is 2.31. The van der Waals surface area contributed by atoms with Crippen LogP contribution in [0.2, 0.25) is 0 Å². The van der Waals surface area contributed by atoms with E-state index in [-0.39, 0.29) is 12.0 Å². The Morgan fingerprint density at radius 3 is 2.75 bits per heavy atom. The molecule has 0 spiro atoms. The van der Waals surface area contributed by atoms with Crippen molar-refractivity contribution in [1.29, 1.82) is 0 Å². The number of carbonyl (C=O) groups is 1. The van der Waals surface area contributed by atoms with Gasteiger partial charge in [-0.3, -0.25) is 4.79 Å². The van der Waals surface area contributed by atoms with Gasteiger partial charge in [0.05, 0.1) is 13.5 Å². The first-order valence-corrected chi connectivity index (χ1v) is 6.35. The van der Waals surface area contributed by atoms with Crippen LogP contribution in [-0.2, 0) is 22.5 Å². The number of methoxy groups -OCH3 is 1. The molecule has 1 rings (SSSR count). The van der Waals surface area contributed by atoms with Gasteiger partial charge in [-0.15, -0.1) is 11.3 Å². The maximum atomic E-state index is 11.0. The summed E-state index contributed by atoms with van der Waals surface area (Å²) < 4.78 is 4.62. The zero-order valence-corrected chi connectivity index (χ0v) is 10.9. The molecule has 0 bridgehead atoms. The Kier molecular flexibility index (Phi) is 5.49. The normalized spacial score (nSPS) is 12.4. The van der Waals surface area contributed by atoms with E-state index in [2.05, 4.69) is 29.1 Å². The fourth-order valence-electron chi connectivity index (χ4n) is 1.39.